The zero-order valence-electron chi connectivity index (χ0n) is 49.8. The summed E-state index contributed by atoms with van der Waals surface area (Å²) in [6, 6.07) is 111. The van der Waals surface area contributed by atoms with Crippen LogP contribution in [-0.2, 0) is 9.13 Å². The van der Waals surface area contributed by atoms with E-state index >= 15 is 0 Å². The minimum Gasteiger partial charge on any atom is -0.423 e. The number of fused-ring (bicyclic) bond motifs is 14. The molecular formula is C83H60BBrO4P2. The Morgan fingerprint density at radius 3 is 0.978 bits per heavy atom. The van der Waals surface area contributed by atoms with Gasteiger partial charge in [-0.3, -0.25) is 0 Å². The van der Waals surface area contributed by atoms with Gasteiger partial charge in [0, 0.05) is 36.3 Å². The molecule has 0 unspecified atom stereocenters. The highest BCUT2D eigenvalue weighted by Gasteiger charge is 2.31. The van der Waals surface area contributed by atoms with Crippen molar-refractivity contribution >= 4 is 161 Å². The first-order valence-corrected chi connectivity index (χ1v) is 34.3. The van der Waals surface area contributed by atoms with Crippen LogP contribution >= 0.6 is 30.2 Å². The third kappa shape index (κ3) is 11.5. The second kappa shape index (κ2) is 26.3. The maximum Gasteiger partial charge on any atom is 0.489 e. The van der Waals surface area contributed by atoms with Gasteiger partial charge in [-0.25, -0.2) is 0 Å². The van der Waals surface area contributed by atoms with E-state index in [1.54, 1.807) is 6.92 Å². The number of rotatable bonds is 8. The van der Waals surface area contributed by atoms with Gasteiger partial charge in [-0.1, -0.05) is 313 Å². The van der Waals surface area contributed by atoms with Gasteiger partial charge < -0.3 is 19.2 Å². The summed E-state index contributed by atoms with van der Waals surface area (Å²) in [5.41, 5.74) is 2.84. The van der Waals surface area contributed by atoms with Crippen molar-refractivity contribution in [3.63, 3.8) is 0 Å². The SMILES string of the molecule is C#CC.O=P(c1ccccc1)(c1ccccc1)c1ccc(-c2cc3c(ccc4c5ccccc5ccc43)c3ccccc23)cc1.O=P(c1ccccc1)(c1ccccc1)c1ccc(Br)cc1.OB(O)c1cc2c(ccc3c4ccccc4ccc32)c2ccccc12. The minimum atomic E-state index is -3.03. The van der Waals surface area contributed by atoms with E-state index in [9.17, 15) is 19.2 Å². The molecule has 91 heavy (non-hydrogen) atoms. The van der Waals surface area contributed by atoms with Crippen molar-refractivity contribution in [2.24, 2.45) is 0 Å². The zero-order valence-corrected chi connectivity index (χ0v) is 53.2. The quantitative estimate of drug-likeness (QED) is 0.0688. The van der Waals surface area contributed by atoms with Crippen molar-refractivity contribution in [2.45, 2.75) is 6.92 Å². The van der Waals surface area contributed by atoms with Crippen LogP contribution < -0.4 is 37.3 Å². The van der Waals surface area contributed by atoms with Gasteiger partial charge >= 0.3 is 7.12 Å². The fourth-order valence-electron chi connectivity index (χ4n) is 12.8. The number of terminal acetylenes is 1. The number of hydrogen-bond donors (Lipinski definition) is 2. The third-order valence-electron chi connectivity index (χ3n) is 17.0. The summed E-state index contributed by atoms with van der Waals surface area (Å²) >= 11 is 3.43. The van der Waals surface area contributed by atoms with Crippen LogP contribution in [0.1, 0.15) is 6.92 Å². The molecule has 0 atom stereocenters. The molecule has 0 heterocycles. The molecule has 0 saturated carbocycles. The molecule has 0 spiro atoms. The van der Waals surface area contributed by atoms with Gasteiger partial charge in [-0.15, -0.1) is 12.3 Å². The molecule has 0 aliphatic heterocycles. The molecule has 0 aromatic heterocycles. The lowest BCUT2D eigenvalue weighted by molar-refractivity contribution is 0.426. The highest BCUT2D eigenvalue weighted by molar-refractivity contribution is 9.10. The molecule has 2 N–H and O–H groups in total. The van der Waals surface area contributed by atoms with E-state index in [1.807, 2.05) is 182 Å². The largest absolute Gasteiger partial charge is 0.489 e. The van der Waals surface area contributed by atoms with Crippen molar-refractivity contribution in [3.05, 3.63) is 332 Å². The summed E-state index contributed by atoms with van der Waals surface area (Å²) in [6.45, 7) is 1.65. The molecule has 436 valence electrons. The monoisotopic (exact) mass is 1270 g/mol. The summed E-state index contributed by atoms with van der Waals surface area (Å²) < 4.78 is 29.8. The van der Waals surface area contributed by atoms with Crippen LogP contribution in [0.5, 0.6) is 0 Å². The van der Waals surface area contributed by atoms with E-state index in [4.69, 9.17) is 0 Å². The molecule has 0 bridgehead atoms. The lowest BCUT2D eigenvalue weighted by Gasteiger charge is -2.20. The Kier molecular flexibility index (Phi) is 17.3. The van der Waals surface area contributed by atoms with Gasteiger partial charge in [0.25, 0.3) is 0 Å². The average molecular weight is 1270 g/mol. The highest BCUT2D eigenvalue weighted by Crippen LogP contribution is 2.45. The molecule has 8 heteroatoms. The molecule has 0 amide bonds. The Hall–Kier alpha value is -9.92. The molecule has 16 rings (SSSR count). The Morgan fingerprint density at radius 1 is 0.308 bits per heavy atom. The molecule has 4 nitrogen and oxygen atoms in total. The lowest BCUT2D eigenvalue weighted by atomic mass is 9.75. The van der Waals surface area contributed by atoms with E-state index in [2.05, 4.69) is 174 Å². The van der Waals surface area contributed by atoms with Crippen molar-refractivity contribution in [1.82, 2.24) is 0 Å². The second-order valence-electron chi connectivity index (χ2n) is 22.3. The average Bonchev–Trinajstić information content (AvgIpc) is 0.834. The van der Waals surface area contributed by atoms with Gasteiger partial charge in [0.1, 0.15) is 0 Å². The topological polar surface area (TPSA) is 74.6 Å². The Morgan fingerprint density at radius 2 is 0.582 bits per heavy atom. The second-order valence-corrected chi connectivity index (χ2v) is 28.8. The van der Waals surface area contributed by atoms with Crippen LogP contribution in [-0.4, -0.2) is 17.2 Å². The first kappa shape index (κ1) is 60.0. The van der Waals surface area contributed by atoms with Crippen LogP contribution in [0.15, 0.2) is 332 Å². The predicted molar refractivity (Wildman–Crippen MR) is 396 cm³/mol. The van der Waals surface area contributed by atoms with Crippen molar-refractivity contribution < 1.29 is 19.2 Å². The molecule has 0 saturated heterocycles. The molecule has 0 fully saturated rings. The summed E-state index contributed by atoms with van der Waals surface area (Å²) in [4.78, 5) is 0. The maximum atomic E-state index is 14.9. The predicted octanol–water partition coefficient (Wildman–Crippen LogP) is 18.3. The fourth-order valence-corrected chi connectivity index (χ4v) is 18.3. The van der Waals surface area contributed by atoms with Crippen molar-refractivity contribution in [1.29, 1.82) is 0 Å². The van der Waals surface area contributed by atoms with Crippen LogP contribution in [0.4, 0.5) is 0 Å². The number of benzene rings is 16. The van der Waals surface area contributed by atoms with E-state index in [-0.39, 0.29) is 0 Å². The molecule has 0 aliphatic carbocycles. The first-order valence-electron chi connectivity index (χ1n) is 30.1. The standard InChI is InChI=1S/C40H27OP.C22H15BO2.C18H14BrOP.C3H4/c41-42(30-12-3-1-4-13-30,31-14-5-2-6-15-31)32-22-19-29(20-23-32)39-27-40-37-24-21-28-11-7-8-16-33(28)36(37)25-26-38(40)34-17-9-10-18-35(34)39;24-23(25)22-13-21-18-10-9-14-5-1-2-6-15(14)17(18)11-12-19(21)16-7-3-4-8-20(16)22;19-15-11-13-18(14-12-15)21(20,16-7-3-1-4-8-16)17-9-5-2-6-10-17;1-3-2/h1-27H;1-13,24-25H;1-14H;1H,2H3. The van der Waals surface area contributed by atoms with E-state index < -0.39 is 21.4 Å². The third-order valence-corrected chi connectivity index (χ3v) is 23.7. The van der Waals surface area contributed by atoms with Gasteiger partial charge in [0.2, 0.25) is 0 Å². The molecular weight excluding hydrogens is 1210 g/mol. The van der Waals surface area contributed by atoms with Crippen LogP contribution in [0.3, 0.4) is 0 Å². The van der Waals surface area contributed by atoms with Gasteiger partial charge in [0.15, 0.2) is 14.3 Å². The molecule has 0 radical (unpaired) electrons. The fraction of sp³-hybridized carbons (Fsp3) is 0.0120. The van der Waals surface area contributed by atoms with Crippen molar-refractivity contribution in [3.8, 4) is 23.5 Å². The van der Waals surface area contributed by atoms with Crippen molar-refractivity contribution in [2.75, 3.05) is 0 Å². The summed E-state index contributed by atoms with van der Waals surface area (Å²) in [5.74, 6) is 2.25. The summed E-state index contributed by atoms with van der Waals surface area (Å²) in [6.07, 6.45) is 4.60. The smallest absolute Gasteiger partial charge is 0.423 e. The van der Waals surface area contributed by atoms with Crippen LogP contribution in [0, 0.1) is 12.3 Å². The zero-order chi connectivity index (χ0) is 62.5. The van der Waals surface area contributed by atoms with Gasteiger partial charge in [0.05, 0.1) is 0 Å². The normalized spacial score (nSPS) is 11.4. The van der Waals surface area contributed by atoms with Crippen LogP contribution in [0.25, 0.3) is 97.3 Å². The lowest BCUT2D eigenvalue weighted by Crippen LogP contribution is -2.30. The van der Waals surface area contributed by atoms with Gasteiger partial charge in [-0.05, 0) is 140 Å². The first-order chi connectivity index (χ1) is 44.6. The van der Waals surface area contributed by atoms with E-state index in [1.165, 1.54) is 64.8 Å². The molecule has 16 aromatic carbocycles. The summed E-state index contributed by atoms with van der Waals surface area (Å²) in [7, 11) is -7.34. The van der Waals surface area contributed by atoms with Crippen LogP contribution in [0.2, 0.25) is 0 Å². The summed E-state index contributed by atoms with van der Waals surface area (Å²) in [5, 5.41) is 43.7. The Bertz CT molecular complexity index is 5380. The number of hydrogen-bond acceptors (Lipinski definition) is 4. The highest BCUT2D eigenvalue weighted by atomic mass is 79.9. The Balaban J connectivity index is 0.000000132. The molecule has 16 aromatic rings. The molecule has 0 aliphatic rings. The number of halogens is 1. The van der Waals surface area contributed by atoms with E-state index in [0.717, 1.165) is 68.8 Å². The minimum absolute atomic E-state index is 0.545. The van der Waals surface area contributed by atoms with Gasteiger partial charge in [-0.2, -0.15) is 0 Å². The van der Waals surface area contributed by atoms with E-state index in [0.29, 0.717) is 5.46 Å². The Labute approximate surface area is 538 Å². The maximum absolute atomic E-state index is 14.9.